The zero-order valence-electron chi connectivity index (χ0n) is 12.7. The first-order valence-corrected chi connectivity index (χ1v) is 6.35. The molecule has 0 atom stereocenters. The molecule has 0 aliphatic carbocycles. The summed E-state index contributed by atoms with van der Waals surface area (Å²) in [7, 11) is 5.91. The molecule has 0 bridgehead atoms. The van der Waals surface area contributed by atoms with Crippen LogP contribution in [0.5, 0.6) is 23.3 Å². The van der Waals surface area contributed by atoms with Crippen LogP contribution in [-0.4, -0.2) is 44.2 Å². The zero-order valence-corrected chi connectivity index (χ0v) is 12.7. The average Bonchev–Trinajstić information content (AvgIpc) is 2.59. The van der Waals surface area contributed by atoms with Crippen LogP contribution < -0.4 is 18.9 Å². The summed E-state index contributed by atoms with van der Waals surface area (Å²) in [6.45, 7) is 0. The number of carbonyl (C=O) groups is 1. The third kappa shape index (κ3) is 2.93. The lowest BCUT2D eigenvalue weighted by molar-refractivity contribution is 0.103. The topological polar surface area (TPSA) is 79.8 Å². The molecule has 0 unspecified atom stereocenters. The Morgan fingerprint density at radius 3 is 1.50 bits per heavy atom. The van der Waals surface area contributed by atoms with Gasteiger partial charge in [-0.05, 0) is 12.1 Å². The van der Waals surface area contributed by atoms with Gasteiger partial charge in [0.15, 0.2) is 17.3 Å². The fourth-order valence-electron chi connectivity index (χ4n) is 1.88. The summed E-state index contributed by atoms with van der Waals surface area (Å²) in [5, 5.41) is 0. The van der Waals surface area contributed by atoms with E-state index in [9.17, 15) is 4.79 Å². The predicted octanol–water partition coefficient (Wildman–Crippen LogP) is 1.74. The summed E-state index contributed by atoms with van der Waals surface area (Å²) in [6.07, 6.45) is 2.83. The molecule has 0 saturated carbocycles. The molecule has 0 spiro atoms. The lowest BCUT2D eigenvalue weighted by Crippen LogP contribution is -2.05. The second-order valence-corrected chi connectivity index (χ2v) is 4.20. The van der Waals surface area contributed by atoms with Crippen molar-refractivity contribution >= 4 is 5.78 Å². The smallest absolute Gasteiger partial charge is 0.256 e. The Morgan fingerprint density at radius 1 is 0.773 bits per heavy atom. The van der Waals surface area contributed by atoms with Crippen LogP contribution >= 0.6 is 0 Å². The molecule has 2 heterocycles. The largest absolute Gasteiger partial charge is 0.491 e. The second kappa shape index (κ2) is 6.75. The molecule has 116 valence electrons. The van der Waals surface area contributed by atoms with E-state index >= 15 is 0 Å². The summed E-state index contributed by atoms with van der Waals surface area (Å²) in [6, 6.07) is 3.12. The van der Waals surface area contributed by atoms with E-state index in [0.29, 0.717) is 34.4 Å². The zero-order chi connectivity index (χ0) is 16.1. The maximum atomic E-state index is 12.5. The van der Waals surface area contributed by atoms with Crippen LogP contribution in [0.25, 0.3) is 0 Å². The maximum absolute atomic E-state index is 12.5. The summed E-state index contributed by atoms with van der Waals surface area (Å²) in [4.78, 5) is 20.6. The molecule has 22 heavy (non-hydrogen) atoms. The molecule has 2 aromatic heterocycles. The van der Waals surface area contributed by atoms with E-state index in [0.717, 1.165) is 0 Å². The number of ether oxygens (including phenoxy) is 4. The van der Waals surface area contributed by atoms with Gasteiger partial charge in [-0.3, -0.25) is 4.79 Å². The number of rotatable bonds is 6. The number of pyridine rings is 2. The lowest BCUT2D eigenvalue weighted by Gasteiger charge is -2.09. The van der Waals surface area contributed by atoms with E-state index in [1.54, 1.807) is 12.1 Å². The summed E-state index contributed by atoms with van der Waals surface area (Å²) in [5.41, 5.74) is 0.707. The molecule has 0 aliphatic rings. The number of ketones is 1. The molecule has 2 rings (SSSR count). The van der Waals surface area contributed by atoms with Gasteiger partial charge >= 0.3 is 0 Å². The third-order valence-corrected chi connectivity index (χ3v) is 2.99. The van der Waals surface area contributed by atoms with Crippen LogP contribution in [0.1, 0.15) is 15.9 Å². The summed E-state index contributed by atoms with van der Waals surface area (Å²) in [5.74, 6) is 1.11. The van der Waals surface area contributed by atoms with E-state index in [1.165, 1.54) is 40.8 Å². The molecule has 0 aliphatic heterocycles. The van der Waals surface area contributed by atoms with Crippen LogP contribution in [0.2, 0.25) is 0 Å². The Labute approximate surface area is 127 Å². The van der Waals surface area contributed by atoms with Crippen molar-refractivity contribution in [3.8, 4) is 23.3 Å². The van der Waals surface area contributed by atoms with Gasteiger partial charge in [0.2, 0.25) is 0 Å². The Balaban J connectivity index is 2.39. The first kappa shape index (κ1) is 15.6. The highest BCUT2D eigenvalue weighted by Gasteiger charge is 2.16. The van der Waals surface area contributed by atoms with Gasteiger partial charge in [0.05, 0.1) is 28.4 Å². The van der Waals surface area contributed by atoms with Gasteiger partial charge in [-0.1, -0.05) is 0 Å². The first-order valence-electron chi connectivity index (χ1n) is 6.35. The summed E-state index contributed by atoms with van der Waals surface area (Å²) >= 11 is 0. The highest BCUT2D eigenvalue weighted by atomic mass is 16.5. The number of hydrogen-bond donors (Lipinski definition) is 0. The van der Waals surface area contributed by atoms with Crippen molar-refractivity contribution in [3.63, 3.8) is 0 Å². The van der Waals surface area contributed by atoms with Gasteiger partial charge in [0.1, 0.15) is 0 Å². The molecule has 0 fully saturated rings. The molecule has 7 heteroatoms. The van der Waals surface area contributed by atoms with Gasteiger partial charge in [-0.25, -0.2) is 9.97 Å². The molecule has 7 nitrogen and oxygen atoms in total. The predicted molar refractivity (Wildman–Crippen MR) is 78.1 cm³/mol. The Bertz CT molecular complexity index is 630. The highest BCUT2D eigenvalue weighted by molar-refractivity contribution is 6.09. The van der Waals surface area contributed by atoms with Crippen molar-refractivity contribution in [1.29, 1.82) is 0 Å². The van der Waals surface area contributed by atoms with Gasteiger partial charge < -0.3 is 18.9 Å². The minimum Gasteiger partial charge on any atom is -0.491 e. The van der Waals surface area contributed by atoms with Crippen LogP contribution in [0.15, 0.2) is 24.5 Å². The van der Waals surface area contributed by atoms with Crippen molar-refractivity contribution in [1.82, 2.24) is 9.97 Å². The minimum atomic E-state index is -0.262. The van der Waals surface area contributed by atoms with Crippen LogP contribution in [-0.2, 0) is 0 Å². The molecule has 0 saturated heterocycles. The van der Waals surface area contributed by atoms with E-state index < -0.39 is 0 Å². The third-order valence-electron chi connectivity index (χ3n) is 2.99. The van der Waals surface area contributed by atoms with E-state index in [1.807, 2.05) is 0 Å². The molecule has 0 aromatic carbocycles. The number of methoxy groups -OCH3 is 4. The summed E-state index contributed by atoms with van der Waals surface area (Å²) < 4.78 is 20.4. The molecule has 0 amide bonds. The lowest BCUT2D eigenvalue weighted by atomic mass is 10.1. The average molecular weight is 304 g/mol. The Kier molecular flexibility index (Phi) is 4.77. The monoisotopic (exact) mass is 304 g/mol. The SMILES string of the molecule is COc1cc(C(=O)c2cnc(OC)c(OC)c2)cnc1OC. The van der Waals surface area contributed by atoms with E-state index in [4.69, 9.17) is 18.9 Å². The minimum absolute atomic E-state index is 0.262. The fourth-order valence-corrected chi connectivity index (χ4v) is 1.88. The fraction of sp³-hybridized carbons (Fsp3) is 0.267. The van der Waals surface area contributed by atoms with Crippen molar-refractivity contribution in [2.45, 2.75) is 0 Å². The van der Waals surface area contributed by atoms with Gasteiger partial charge in [-0.2, -0.15) is 0 Å². The Morgan fingerprint density at radius 2 is 1.18 bits per heavy atom. The van der Waals surface area contributed by atoms with Crippen molar-refractivity contribution < 1.29 is 23.7 Å². The van der Waals surface area contributed by atoms with Crippen LogP contribution in [0, 0.1) is 0 Å². The van der Waals surface area contributed by atoms with E-state index in [-0.39, 0.29) is 5.78 Å². The molecule has 0 N–H and O–H groups in total. The van der Waals surface area contributed by atoms with Crippen LogP contribution in [0.3, 0.4) is 0 Å². The second-order valence-electron chi connectivity index (χ2n) is 4.20. The normalized spacial score (nSPS) is 10.0. The van der Waals surface area contributed by atoms with E-state index in [2.05, 4.69) is 9.97 Å². The first-order chi connectivity index (χ1) is 10.6. The quantitative estimate of drug-likeness (QED) is 0.752. The van der Waals surface area contributed by atoms with Crippen molar-refractivity contribution in [2.24, 2.45) is 0 Å². The van der Waals surface area contributed by atoms with Gasteiger partial charge in [0, 0.05) is 23.5 Å². The number of hydrogen-bond acceptors (Lipinski definition) is 7. The number of nitrogens with zero attached hydrogens (tertiary/aromatic N) is 2. The molecular formula is C15H16N2O5. The number of aromatic nitrogens is 2. The molecular weight excluding hydrogens is 288 g/mol. The van der Waals surface area contributed by atoms with Gasteiger partial charge in [-0.15, -0.1) is 0 Å². The molecule has 0 radical (unpaired) electrons. The molecule has 2 aromatic rings. The Hall–Kier alpha value is -2.83. The number of carbonyl (C=O) groups excluding carboxylic acids is 1. The van der Waals surface area contributed by atoms with Crippen molar-refractivity contribution in [2.75, 3.05) is 28.4 Å². The maximum Gasteiger partial charge on any atom is 0.256 e. The van der Waals surface area contributed by atoms with Gasteiger partial charge in [0.25, 0.3) is 11.8 Å². The van der Waals surface area contributed by atoms with Crippen molar-refractivity contribution in [3.05, 3.63) is 35.7 Å². The standard InChI is InChI=1S/C15H16N2O5/c1-19-11-5-9(7-16-14(11)21-3)13(18)10-6-12(20-2)15(22-4)17-8-10/h5-8H,1-4H3. The van der Waals surface area contributed by atoms with Crippen LogP contribution in [0.4, 0.5) is 0 Å². The highest BCUT2D eigenvalue weighted by Crippen LogP contribution is 2.28.